The zero-order chi connectivity index (χ0) is 30.9. The third-order valence-corrected chi connectivity index (χ3v) is 7.59. The molecule has 0 saturated carbocycles. The number of carbonyl (C=O) groups is 3. The van der Waals surface area contributed by atoms with Crippen LogP contribution >= 0.6 is 0 Å². The van der Waals surface area contributed by atoms with Crippen LogP contribution in [0.15, 0.2) is 103 Å². The van der Waals surface area contributed by atoms with Crippen molar-refractivity contribution >= 4 is 29.1 Å². The number of rotatable bonds is 10. The standard InChI is InChI=1S/C35H36N4O5/c1-43-31-16-8-27(9-17-31)34(41)38-22-20-37(21-23-38)30-14-12-29(13-15-30)36-33(40)25-39(24-26-6-4-3-5-7-26)35(42)28-10-18-32(44-2)19-11-28/h3-19H,20-25H2,1-2H3,(H,36,40). The Morgan fingerprint density at radius 2 is 1.27 bits per heavy atom. The molecule has 1 fully saturated rings. The van der Waals surface area contributed by atoms with Crippen LogP contribution in [0.3, 0.4) is 0 Å². The van der Waals surface area contributed by atoms with Gasteiger partial charge in [0.25, 0.3) is 11.8 Å². The summed E-state index contributed by atoms with van der Waals surface area (Å²) in [6.07, 6.45) is 0. The predicted octanol–water partition coefficient (Wildman–Crippen LogP) is 4.95. The van der Waals surface area contributed by atoms with Gasteiger partial charge in [0, 0.05) is 55.2 Å². The number of anilines is 2. The Labute approximate surface area is 257 Å². The average Bonchev–Trinajstić information content (AvgIpc) is 3.08. The largest absolute Gasteiger partial charge is 0.497 e. The van der Waals surface area contributed by atoms with E-state index in [1.807, 2.05) is 59.5 Å². The zero-order valence-electron chi connectivity index (χ0n) is 24.9. The SMILES string of the molecule is COc1ccc(C(=O)N2CCN(c3ccc(NC(=O)CN(Cc4ccccc4)C(=O)c4ccc(OC)cc4)cc3)CC2)cc1. The molecule has 0 aliphatic carbocycles. The molecule has 3 amide bonds. The van der Waals surface area contributed by atoms with E-state index in [9.17, 15) is 14.4 Å². The van der Waals surface area contributed by atoms with E-state index in [-0.39, 0.29) is 24.3 Å². The molecule has 0 atom stereocenters. The maximum absolute atomic E-state index is 13.4. The first-order valence-corrected chi connectivity index (χ1v) is 14.5. The van der Waals surface area contributed by atoms with Gasteiger partial charge >= 0.3 is 0 Å². The van der Waals surface area contributed by atoms with Gasteiger partial charge in [0.15, 0.2) is 0 Å². The van der Waals surface area contributed by atoms with Gasteiger partial charge in [0.1, 0.15) is 18.0 Å². The smallest absolute Gasteiger partial charge is 0.254 e. The highest BCUT2D eigenvalue weighted by Crippen LogP contribution is 2.21. The molecule has 0 unspecified atom stereocenters. The lowest BCUT2D eigenvalue weighted by atomic mass is 10.1. The fraction of sp³-hybridized carbons (Fsp3) is 0.229. The molecular formula is C35H36N4O5. The molecule has 0 spiro atoms. The van der Waals surface area contributed by atoms with E-state index in [2.05, 4.69) is 10.2 Å². The molecule has 5 rings (SSSR count). The summed E-state index contributed by atoms with van der Waals surface area (Å²) in [6.45, 7) is 2.83. The van der Waals surface area contributed by atoms with Crippen molar-refractivity contribution in [3.63, 3.8) is 0 Å². The Hall–Kier alpha value is -5.31. The molecule has 0 aromatic heterocycles. The maximum atomic E-state index is 13.4. The van der Waals surface area contributed by atoms with Crippen LogP contribution in [0, 0.1) is 0 Å². The number of benzene rings is 4. The summed E-state index contributed by atoms with van der Waals surface area (Å²) in [5.41, 5.74) is 3.71. The summed E-state index contributed by atoms with van der Waals surface area (Å²) < 4.78 is 10.4. The molecule has 1 aliphatic rings. The summed E-state index contributed by atoms with van der Waals surface area (Å²) in [4.78, 5) is 45.0. The van der Waals surface area contributed by atoms with Gasteiger partial charge in [-0.05, 0) is 78.4 Å². The lowest BCUT2D eigenvalue weighted by Gasteiger charge is -2.36. The lowest BCUT2D eigenvalue weighted by Crippen LogP contribution is -2.48. The van der Waals surface area contributed by atoms with Crippen LogP contribution in [0.1, 0.15) is 26.3 Å². The van der Waals surface area contributed by atoms with Crippen molar-refractivity contribution in [2.24, 2.45) is 0 Å². The number of nitrogens with one attached hydrogen (secondary N) is 1. The Bertz CT molecular complexity index is 1550. The fourth-order valence-corrected chi connectivity index (χ4v) is 5.13. The quantitative estimate of drug-likeness (QED) is 0.280. The number of hydrogen-bond acceptors (Lipinski definition) is 6. The lowest BCUT2D eigenvalue weighted by molar-refractivity contribution is -0.117. The van der Waals surface area contributed by atoms with Crippen LogP contribution in [-0.2, 0) is 11.3 Å². The number of piperazine rings is 1. The van der Waals surface area contributed by atoms with Gasteiger partial charge in [-0.1, -0.05) is 30.3 Å². The number of carbonyl (C=O) groups excluding carboxylic acids is 3. The number of ether oxygens (including phenoxy) is 2. The van der Waals surface area contributed by atoms with E-state index < -0.39 is 0 Å². The van der Waals surface area contributed by atoms with Gasteiger partial charge in [0.2, 0.25) is 5.91 Å². The molecule has 0 bridgehead atoms. The van der Waals surface area contributed by atoms with Crippen LogP contribution in [0.2, 0.25) is 0 Å². The van der Waals surface area contributed by atoms with Crippen LogP contribution in [0.25, 0.3) is 0 Å². The van der Waals surface area contributed by atoms with E-state index >= 15 is 0 Å². The molecule has 226 valence electrons. The van der Waals surface area contributed by atoms with Gasteiger partial charge < -0.3 is 29.5 Å². The molecule has 4 aromatic carbocycles. The third-order valence-electron chi connectivity index (χ3n) is 7.59. The Morgan fingerprint density at radius 3 is 1.84 bits per heavy atom. The summed E-state index contributed by atoms with van der Waals surface area (Å²) >= 11 is 0. The molecule has 1 saturated heterocycles. The Kier molecular flexibility index (Phi) is 9.76. The van der Waals surface area contributed by atoms with Gasteiger partial charge in [-0.3, -0.25) is 14.4 Å². The molecule has 1 heterocycles. The second-order valence-electron chi connectivity index (χ2n) is 10.5. The normalized spacial score (nSPS) is 12.8. The van der Waals surface area contributed by atoms with Crippen molar-refractivity contribution in [1.82, 2.24) is 9.80 Å². The first-order valence-electron chi connectivity index (χ1n) is 14.5. The first kappa shape index (κ1) is 30.2. The molecule has 9 nitrogen and oxygen atoms in total. The molecule has 44 heavy (non-hydrogen) atoms. The number of methoxy groups -OCH3 is 2. The van der Waals surface area contributed by atoms with Crippen LogP contribution in [0.4, 0.5) is 11.4 Å². The Balaban J connectivity index is 1.17. The summed E-state index contributed by atoms with van der Waals surface area (Å²) in [7, 11) is 3.17. The highest BCUT2D eigenvalue weighted by Gasteiger charge is 2.23. The van der Waals surface area contributed by atoms with E-state index in [0.29, 0.717) is 55.3 Å². The van der Waals surface area contributed by atoms with Crippen LogP contribution in [-0.4, -0.2) is 74.5 Å². The molecule has 9 heteroatoms. The molecule has 1 N–H and O–H groups in total. The van der Waals surface area contributed by atoms with Crippen molar-refractivity contribution in [1.29, 1.82) is 0 Å². The zero-order valence-corrected chi connectivity index (χ0v) is 24.9. The second-order valence-corrected chi connectivity index (χ2v) is 10.5. The highest BCUT2D eigenvalue weighted by molar-refractivity contribution is 5.99. The predicted molar refractivity (Wildman–Crippen MR) is 170 cm³/mol. The van der Waals surface area contributed by atoms with Crippen LogP contribution < -0.4 is 19.7 Å². The fourth-order valence-electron chi connectivity index (χ4n) is 5.13. The van der Waals surface area contributed by atoms with Crippen molar-refractivity contribution in [2.75, 3.05) is 57.2 Å². The number of hydrogen-bond donors (Lipinski definition) is 1. The van der Waals surface area contributed by atoms with Gasteiger partial charge in [0.05, 0.1) is 14.2 Å². The summed E-state index contributed by atoms with van der Waals surface area (Å²) in [6, 6.07) is 31.2. The minimum Gasteiger partial charge on any atom is -0.497 e. The summed E-state index contributed by atoms with van der Waals surface area (Å²) in [5, 5.41) is 2.93. The second kappa shape index (κ2) is 14.2. The van der Waals surface area contributed by atoms with E-state index in [0.717, 1.165) is 17.0 Å². The van der Waals surface area contributed by atoms with E-state index in [1.165, 1.54) is 4.90 Å². The maximum Gasteiger partial charge on any atom is 0.254 e. The number of nitrogens with zero attached hydrogens (tertiary/aromatic N) is 3. The first-order chi connectivity index (χ1) is 21.4. The summed E-state index contributed by atoms with van der Waals surface area (Å²) in [5.74, 6) is 0.851. The minimum absolute atomic E-state index is 0.0112. The third kappa shape index (κ3) is 7.55. The van der Waals surface area contributed by atoms with Crippen molar-refractivity contribution < 1.29 is 23.9 Å². The van der Waals surface area contributed by atoms with Crippen molar-refractivity contribution in [3.05, 3.63) is 120 Å². The molecule has 1 aliphatic heterocycles. The van der Waals surface area contributed by atoms with E-state index in [1.54, 1.807) is 62.8 Å². The van der Waals surface area contributed by atoms with Crippen molar-refractivity contribution in [2.45, 2.75) is 6.54 Å². The molecule has 4 aromatic rings. The van der Waals surface area contributed by atoms with Crippen molar-refractivity contribution in [3.8, 4) is 11.5 Å². The highest BCUT2D eigenvalue weighted by atomic mass is 16.5. The monoisotopic (exact) mass is 592 g/mol. The minimum atomic E-state index is -0.291. The van der Waals surface area contributed by atoms with E-state index in [4.69, 9.17) is 9.47 Å². The van der Waals surface area contributed by atoms with Gasteiger partial charge in [-0.25, -0.2) is 0 Å². The molecule has 0 radical (unpaired) electrons. The molecular weight excluding hydrogens is 556 g/mol. The number of amides is 3. The van der Waals surface area contributed by atoms with Crippen LogP contribution in [0.5, 0.6) is 11.5 Å². The van der Waals surface area contributed by atoms with Gasteiger partial charge in [-0.2, -0.15) is 0 Å². The average molecular weight is 593 g/mol. The van der Waals surface area contributed by atoms with Gasteiger partial charge in [-0.15, -0.1) is 0 Å². The topological polar surface area (TPSA) is 91.4 Å². The Morgan fingerprint density at radius 1 is 0.705 bits per heavy atom.